The number of morpholine rings is 1. The Morgan fingerprint density at radius 1 is 1.16 bits per heavy atom. The molecular formula is C23H30N4O4. The third-order valence-electron chi connectivity index (χ3n) is 6.38. The van der Waals surface area contributed by atoms with Gasteiger partial charge in [0.2, 0.25) is 5.95 Å². The van der Waals surface area contributed by atoms with Crippen LogP contribution >= 0.6 is 0 Å². The first-order valence-corrected chi connectivity index (χ1v) is 10.9. The molecule has 8 nitrogen and oxygen atoms in total. The summed E-state index contributed by atoms with van der Waals surface area (Å²) < 4.78 is 5.44. The van der Waals surface area contributed by atoms with Gasteiger partial charge in [-0.3, -0.25) is 4.79 Å². The lowest BCUT2D eigenvalue weighted by Crippen LogP contribution is -2.56. The Bertz CT molecular complexity index is 904. The zero-order chi connectivity index (χ0) is 21.8. The molecule has 166 valence electrons. The van der Waals surface area contributed by atoms with Gasteiger partial charge in [0.15, 0.2) is 0 Å². The molecule has 0 spiro atoms. The van der Waals surface area contributed by atoms with E-state index in [4.69, 9.17) is 9.72 Å². The third kappa shape index (κ3) is 4.50. The molecule has 1 aromatic heterocycles. The predicted molar refractivity (Wildman–Crippen MR) is 117 cm³/mol. The smallest absolute Gasteiger partial charge is 0.312 e. The second-order valence-corrected chi connectivity index (χ2v) is 8.31. The van der Waals surface area contributed by atoms with E-state index in [-0.39, 0.29) is 6.54 Å². The van der Waals surface area contributed by atoms with Crippen LogP contribution in [0.3, 0.4) is 0 Å². The molecule has 4 rings (SSSR count). The molecule has 2 fully saturated rings. The van der Waals surface area contributed by atoms with Crippen molar-refractivity contribution in [2.75, 3.05) is 49.2 Å². The molecule has 0 saturated carbocycles. The highest BCUT2D eigenvalue weighted by Gasteiger charge is 2.49. The molecule has 0 aliphatic carbocycles. The van der Waals surface area contributed by atoms with Gasteiger partial charge in [0.1, 0.15) is 11.2 Å². The molecule has 0 bridgehead atoms. The standard InChI is InChI=1S/C23H30N4O4/c1-2-18-14-20(25-22(24-18)26-10-12-31-13-11-26)27-9-8-23(21(29)30,19(28)16-27)15-17-6-4-3-5-7-17/h3-7,14,19,28H,2,8-13,15-16H2,1H3,(H,29,30)/t19-,23+/m0/s1. The summed E-state index contributed by atoms with van der Waals surface area (Å²) in [6.07, 6.45) is 0.416. The van der Waals surface area contributed by atoms with Gasteiger partial charge in [-0.1, -0.05) is 37.3 Å². The van der Waals surface area contributed by atoms with Crippen molar-refractivity contribution in [1.82, 2.24) is 9.97 Å². The maximum absolute atomic E-state index is 12.3. The van der Waals surface area contributed by atoms with E-state index in [1.54, 1.807) is 0 Å². The Balaban J connectivity index is 1.56. The van der Waals surface area contributed by atoms with Crippen molar-refractivity contribution >= 4 is 17.7 Å². The van der Waals surface area contributed by atoms with E-state index in [0.717, 1.165) is 36.6 Å². The molecule has 0 unspecified atom stereocenters. The molecule has 2 N–H and O–H groups in total. The van der Waals surface area contributed by atoms with Crippen molar-refractivity contribution in [2.45, 2.75) is 32.3 Å². The summed E-state index contributed by atoms with van der Waals surface area (Å²) in [4.78, 5) is 25.8. The highest BCUT2D eigenvalue weighted by Crippen LogP contribution is 2.37. The van der Waals surface area contributed by atoms with Crippen LogP contribution in [0.15, 0.2) is 36.4 Å². The van der Waals surface area contributed by atoms with Crippen LogP contribution in [0, 0.1) is 5.41 Å². The molecule has 2 saturated heterocycles. The van der Waals surface area contributed by atoms with Gasteiger partial charge < -0.3 is 24.7 Å². The number of nitrogens with zero attached hydrogens (tertiary/aromatic N) is 4. The molecule has 3 heterocycles. The monoisotopic (exact) mass is 426 g/mol. The summed E-state index contributed by atoms with van der Waals surface area (Å²) in [5, 5.41) is 21.1. The number of anilines is 2. The number of carboxylic acid groups (broad SMARTS) is 1. The van der Waals surface area contributed by atoms with E-state index >= 15 is 0 Å². The maximum atomic E-state index is 12.3. The third-order valence-corrected chi connectivity index (χ3v) is 6.38. The second kappa shape index (κ2) is 9.20. The van der Waals surface area contributed by atoms with E-state index in [0.29, 0.717) is 38.5 Å². The summed E-state index contributed by atoms with van der Waals surface area (Å²) in [6, 6.07) is 11.5. The van der Waals surface area contributed by atoms with E-state index < -0.39 is 17.5 Å². The van der Waals surface area contributed by atoms with Crippen molar-refractivity contribution in [1.29, 1.82) is 0 Å². The summed E-state index contributed by atoms with van der Waals surface area (Å²) in [5.74, 6) is 0.465. The minimum Gasteiger partial charge on any atom is -0.481 e. The number of carboxylic acids is 1. The lowest BCUT2D eigenvalue weighted by Gasteiger charge is -2.43. The quantitative estimate of drug-likeness (QED) is 0.721. The average molecular weight is 427 g/mol. The summed E-state index contributed by atoms with van der Waals surface area (Å²) in [5.41, 5.74) is 0.647. The highest BCUT2D eigenvalue weighted by molar-refractivity contribution is 5.76. The number of ether oxygens (including phenoxy) is 1. The number of piperidine rings is 1. The van der Waals surface area contributed by atoms with Gasteiger partial charge in [-0.05, 0) is 24.8 Å². The zero-order valence-corrected chi connectivity index (χ0v) is 17.9. The van der Waals surface area contributed by atoms with Gasteiger partial charge in [-0.25, -0.2) is 4.98 Å². The van der Waals surface area contributed by atoms with Gasteiger partial charge in [-0.15, -0.1) is 0 Å². The Morgan fingerprint density at radius 3 is 2.55 bits per heavy atom. The Hall–Kier alpha value is -2.71. The fraction of sp³-hybridized carbons (Fsp3) is 0.522. The largest absolute Gasteiger partial charge is 0.481 e. The number of aliphatic carboxylic acids is 1. The number of benzene rings is 1. The SMILES string of the molecule is CCc1cc(N2CC[C@](Cc3ccccc3)(C(=O)O)[C@@H](O)C2)nc(N2CCOCC2)n1. The molecular weight excluding hydrogens is 396 g/mol. The lowest BCUT2D eigenvalue weighted by molar-refractivity contribution is -0.158. The molecule has 2 aromatic rings. The first-order chi connectivity index (χ1) is 15.0. The van der Waals surface area contributed by atoms with Crippen LogP contribution in [-0.2, 0) is 22.4 Å². The Morgan fingerprint density at radius 2 is 1.90 bits per heavy atom. The lowest BCUT2D eigenvalue weighted by atomic mass is 9.71. The number of rotatable bonds is 6. The highest BCUT2D eigenvalue weighted by atomic mass is 16.5. The second-order valence-electron chi connectivity index (χ2n) is 8.31. The minimum absolute atomic E-state index is 0.224. The number of hydrogen-bond donors (Lipinski definition) is 2. The van der Waals surface area contributed by atoms with Crippen LogP contribution in [-0.4, -0.2) is 71.6 Å². The van der Waals surface area contributed by atoms with Gasteiger partial charge in [0.25, 0.3) is 0 Å². The van der Waals surface area contributed by atoms with Gasteiger partial charge >= 0.3 is 5.97 Å². The number of β-amino-alcohol motifs (C(OH)–C–C–N with tert-alkyl or cyclic N) is 1. The fourth-order valence-electron chi connectivity index (χ4n) is 4.39. The van der Waals surface area contributed by atoms with E-state index in [1.165, 1.54) is 0 Å². The first-order valence-electron chi connectivity index (χ1n) is 10.9. The summed E-state index contributed by atoms with van der Waals surface area (Å²) in [6.45, 7) is 5.58. The number of aliphatic hydroxyl groups is 1. The van der Waals surface area contributed by atoms with Crippen molar-refractivity contribution in [2.24, 2.45) is 5.41 Å². The van der Waals surface area contributed by atoms with Crippen LogP contribution in [0.4, 0.5) is 11.8 Å². The molecule has 31 heavy (non-hydrogen) atoms. The van der Waals surface area contributed by atoms with Crippen molar-refractivity contribution in [3.8, 4) is 0 Å². The van der Waals surface area contributed by atoms with Gasteiger partial charge in [0.05, 0.1) is 19.3 Å². The minimum atomic E-state index is -1.20. The predicted octanol–water partition coefficient (Wildman–Crippen LogP) is 1.76. The topological polar surface area (TPSA) is 99.0 Å². The van der Waals surface area contributed by atoms with E-state index in [2.05, 4.69) is 16.8 Å². The van der Waals surface area contributed by atoms with E-state index in [1.807, 2.05) is 41.3 Å². The van der Waals surface area contributed by atoms with Crippen LogP contribution in [0.1, 0.15) is 24.6 Å². The molecule has 1 aromatic carbocycles. The van der Waals surface area contributed by atoms with Crippen molar-refractivity contribution in [3.63, 3.8) is 0 Å². The Kier molecular flexibility index (Phi) is 6.38. The molecule has 8 heteroatoms. The molecule has 0 amide bonds. The van der Waals surface area contributed by atoms with Gasteiger partial charge in [0, 0.05) is 37.9 Å². The molecule has 2 aliphatic rings. The van der Waals surface area contributed by atoms with Gasteiger partial charge in [-0.2, -0.15) is 4.98 Å². The maximum Gasteiger partial charge on any atom is 0.312 e. The first kappa shape index (κ1) is 21.5. The molecule has 0 radical (unpaired) electrons. The number of aryl methyl sites for hydroxylation is 1. The number of carbonyl (C=O) groups is 1. The summed E-state index contributed by atoms with van der Waals surface area (Å²) in [7, 11) is 0. The number of aliphatic hydroxyl groups excluding tert-OH is 1. The molecule has 2 atom stereocenters. The van der Waals surface area contributed by atoms with Crippen LogP contribution < -0.4 is 9.80 Å². The Labute approximate surface area is 182 Å². The van der Waals surface area contributed by atoms with Crippen molar-refractivity contribution in [3.05, 3.63) is 47.7 Å². The van der Waals surface area contributed by atoms with Crippen LogP contribution in [0.25, 0.3) is 0 Å². The normalized spacial score (nSPS) is 24.3. The number of hydrogen-bond acceptors (Lipinski definition) is 7. The number of aromatic nitrogens is 2. The van der Waals surface area contributed by atoms with Crippen molar-refractivity contribution < 1.29 is 19.7 Å². The average Bonchev–Trinajstić information content (AvgIpc) is 2.81. The van der Waals surface area contributed by atoms with E-state index in [9.17, 15) is 15.0 Å². The van der Waals surface area contributed by atoms with Crippen LogP contribution in [0.5, 0.6) is 0 Å². The molecule has 2 aliphatic heterocycles. The fourth-order valence-corrected chi connectivity index (χ4v) is 4.39. The van der Waals surface area contributed by atoms with Crippen LogP contribution in [0.2, 0.25) is 0 Å². The summed E-state index contributed by atoms with van der Waals surface area (Å²) >= 11 is 0. The zero-order valence-electron chi connectivity index (χ0n) is 17.9.